The number of amides is 1. The molecule has 10 heteroatoms. The minimum absolute atomic E-state index is 0.129. The molecule has 0 aromatic carbocycles. The summed E-state index contributed by atoms with van der Waals surface area (Å²) >= 11 is 0. The van der Waals surface area contributed by atoms with Crippen LogP contribution < -0.4 is 5.32 Å². The SMILES string of the molecule is CCCCC[N+](C)(C)CCCCCC(=O)NCCC[Si](C[Si](=O)CC)(C[Si](=O)CC)O[Si](C)(C)C. The zero-order chi connectivity index (χ0) is 27.0. The Morgan fingerprint density at radius 1 is 0.829 bits per heavy atom. The van der Waals surface area contributed by atoms with Crippen molar-refractivity contribution in [2.75, 3.05) is 33.7 Å². The van der Waals surface area contributed by atoms with E-state index in [-0.39, 0.29) is 5.91 Å². The molecule has 0 aliphatic heterocycles. The van der Waals surface area contributed by atoms with E-state index in [2.05, 4.69) is 46.0 Å². The van der Waals surface area contributed by atoms with Crippen LogP contribution in [-0.2, 0) is 17.8 Å². The number of nitrogens with zero attached hydrogens (tertiary/aromatic N) is 1. The Hall–Kier alpha value is -0.142. The van der Waals surface area contributed by atoms with Gasteiger partial charge in [0.2, 0.25) is 5.91 Å². The van der Waals surface area contributed by atoms with E-state index >= 15 is 0 Å². The van der Waals surface area contributed by atoms with Gasteiger partial charge in [-0.2, -0.15) is 0 Å². The van der Waals surface area contributed by atoms with Crippen molar-refractivity contribution in [3.63, 3.8) is 0 Å². The maximum absolute atomic E-state index is 12.6. The van der Waals surface area contributed by atoms with E-state index in [1.807, 2.05) is 13.8 Å². The molecule has 0 unspecified atom stereocenters. The molecular weight excluding hydrogens is 505 g/mol. The second kappa shape index (κ2) is 18.2. The molecule has 0 heterocycles. The van der Waals surface area contributed by atoms with E-state index in [0.29, 0.717) is 36.4 Å². The Kier molecular flexibility index (Phi) is 18.1. The van der Waals surface area contributed by atoms with Crippen LogP contribution >= 0.6 is 0 Å². The number of unbranched alkanes of at least 4 members (excludes halogenated alkanes) is 4. The Labute approximate surface area is 222 Å². The van der Waals surface area contributed by atoms with Gasteiger partial charge in [0, 0.05) is 24.3 Å². The molecule has 0 spiro atoms. The lowest BCUT2D eigenvalue weighted by Gasteiger charge is -2.37. The molecule has 1 N–H and O–H groups in total. The van der Waals surface area contributed by atoms with Crippen molar-refractivity contribution in [3.05, 3.63) is 0 Å². The van der Waals surface area contributed by atoms with Gasteiger partial charge in [0.25, 0.3) is 17.4 Å². The molecule has 6 nitrogen and oxygen atoms in total. The molecule has 0 saturated carbocycles. The fraction of sp³-hybridized carbons (Fsp3) is 0.960. The fourth-order valence-electron chi connectivity index (χ4n) is 4.61. The quantitative estimate of drug-likeness (QED) is 0.0988. The van der Waals surface area contributed by atoms with Gasteiger partial charge in [-0.1, -0.05) is 27.2 Å². The summed E-state index contributed by atoms with van der Waals surface area (Å²) in [4.78, 5) is 12.4. The molecule has 1 amide bonds. The van der Waals surface area contributed by atoms with E-state index in [0.717, 1.165) is 29.8 Å². The average Bonchev–Trinajstić information content (AvgIpc) is 2.75. The standard InChI is InChI=1S/C25H56N2O4Si4/c1-9-12-15-20-27(4,5)21-16-13-14-18-25(28)26-19-17-22-35(23-32(29)10-2,24-33(30)11-3)31-34(6,7)8/h9-24H2,1-8H3/p+1. The molecule has 0 aliphatic carbocycles. The van der Waals surface area contributed by atoms with Crippen molar-refractivity contribution in [2.24, 2.45) is 0 Å². The second-order valence-corrected chi connectivity index (χ2v) is 26.2. The lowest BCUT2D eigenvalue weighted by atomic mass is 10.1. The first kappa shape index (κ1) is 34.9. The van der Waals surface area contributed by atoms with E-state index < -0.39 is 34.0 Å². The second-order valence-electron chi connectivity index (χ2n) is 11.9. The molecule has 0 bridgehead atoms. The molecule has 0 aromatic rings. The van der Waals surface area contributed by atoms with Crippen molar-refractivity contribution < 1.29 is 22.3 Å². The molecule has 0 fully saturated rings. The first-order chi connectivity index (χ1) is 16.3. The van der Waals surface area contributed by atoms with Gasteiger partial charge in [0.15, 0.2) is 16.6 Å². The maximum Gasteiger partial charge on any atom is 0.275 e. The van der Waals surface area contributed by atoms with Gasteiger partial charge in [-0.25, -0.2) is 0 Å². The zero-order valence-corrected chi connectivity index (χ0v) is 28.4. The topological polar surface area (TPSA) is 72.5 Å². The summed E-state index contributed by atoms with van der Waals surface area (Å²) in [6, 6.07) is 2.22. The largest absolute Gasteiger partial charge is 0.455 e. The van der Waals surface area contributed by atoms with Crippen molar-refractivity contribution in [2.45, 2.75) is 121 Å². The lowest BCUT2D eigenvalue weighted by Crippen LogP contribution is -2.50. The Balaban J connectivity index is 4.56. The van der Waals surface area contributed by atoms with Crippen LogP contribution in [0, 0.1) is 0 Å². The van der Waals surface area contributed by atoms with E-state index in [1.165, 1.54) is 38.8 Å². The minimum atomic E-state index is -2.36. The predicted molar refractivity (Wildman–Crippen MR) is 156 cm³/mol. The van der Waals surface area contributed by atoms with Crippen LogP contribution in [0.15, 0.2) is 0 Å². The highest BCUT2D eigenvalue weighted by atomic mass is 28.5. The van der Waals surface area contributed by atoms with Gasteiger partial charge in [0.1, 0.15) is 0 Å². The van der Waals surface area contributed by atoms with Gasteiger partial charge in [-0.05, 0) is 76.3 Å². The smallest absolute Gasteiger partial charge is 0.275 e. The summed E-state index contributed by atoms with van der Waals surface area (Å²) in [5, 5.41) is 3.09. The molecule has 0 rings (SSSR count). The highest BCUT2D eigenvalue weighted by molar-refractivity contribution is 6.94. The van der Waals surface area contributed by atoms with Gasteiger partial charge in [0.05, 0.1) is 27.2 Å². The number of hydrogen-bond donors (Lipinski definition) is 1. The summed E-state index contributed by atoms with van der Waals surface area (Å²) < 4.78 is 33.1. The first-order valence-electron chi connectivity index (χ1n) is 14.1. The summed E-state index contributed by atoms with van der Waals surface area (Å²) in [6.07, 6.45) is 8.49. The van der Waals surface area contributed by atoms with Crippen molar-refractivity contribution in [3.8, 4) is 0 Å². The number of quaternary nitrogens is 1. The zero-order valence-electron chi connectivity index (χ0n) is 24.4. The predicted octanol–water partition coefficient (Wildman–Crippen LogP) is 6.08. The van der Waals surface area contributed by atoms with E-state index in [1.54, 1.807) is 0 Å². The van der Waals surface area contributed by atoms with Crippen molar-refractivity contribution >= 4 is 39.9 Å². The Morgan fingerprint density at radius 3 is 1.86 bits per heavy atom. The highest BCUT2D eigenvalue weighted by Gasteiger charge is 2.42. The number of nitrogens with one attached hydrogen (secondary N) is 1. The summed E-state index contributed by atoms with van der Waals surface area (Å²) in [5.41, 5.74) is 1.30. The van der Waals surface area contributed by atoms with Crippen LogP contribution in [0.5, 0.6) is 0 Å². The van der Waals surface area contributed by atoms with Crippen molar-refractivity contribution in [1.82, 2.24) is 5.32 Å². The first-order valence-corrected chi connectivity index (χ1v) is 23.7. The summed E-state index contributed by atoms with van der Waals surface area (Å²) in [5.74, 6) is 0.129. The third-order valence-corrected chi connectivity index (χ3v) is 21.8. The van der Waals surface area contributed by atoms with Crippen LogP contribution in [-0.4, -0.2) is 78.1 Å². The Morgan fingerprint density at radius 2 is 1.37 bits per heavy atom. The van der Waals surface area contributed by atoms with Crippen LogP contribution in [0.3, 0.4) is 0 Å². The molecule has 0 aliphatic rings. The fourth-order valence-corrected chi connectivity index (χ4v) is 23.7. The highest BCUT2D eigenvalue weighted by Crippen LogP contribution is 2.29. The molecule has 35 heavy (non-hydrogen) atoms. The summed E-state index contributed by atoms with van der Waals surface area (Å²) in [7, 11) is -2.99. The van der Waals surface area contributed by atoms with Gasteiger partial charge < -0.3 is 22.8 Å². The summed E-state index contributed by atoms with van der Waals surface area (Å²) in [6.45, 7) is 15.8. The maximum atomic E-state index is 12.6. The monoisotopic (exact) mass is 561 g/mol. The lowest BCUT2D eigenvalue weighted by molar-refractivity contribution is -0.890. The number of carbonyl (C=O) groups excluding carboxylic acids is 1. The number of hydrogen-bond acceptors (Lipinski definition) is 4. The van der Waals surface area contributed by atoms with E-state index in [9.17, 15) is 13.7 Å². The molecule has 0 saturated heterocycles. The third-order valence-electron chi connectivity index (χ3n) is 6.52. The van der Waals surface area contributed by atoms with E-state index in [4.69, 9.17) is 4.12 Å². The molecule has 0 atom stereocenters. The number of carbonyl (C=O) groups is 1. The van der Waals surface area contributed by atoms with Gasteiger partial charge in [-0.3, -0.25) is 4.79 Å². The minimum Gasteiger partial charge on any atom is -0.455 e. The molecular formula is C25H57N2O4Si4+. The third kappa shape index (κ3) is 18.7. The van der Waals surface area contributed by atoms with Gasteiger partial charge in [-0.15, -0.1) is 0 Å². The van der Waals surface area contributed by atoms with Crippen LogP contribution in [0.1, 0.15) is 72.1 Å². The van der Waals surface area contributed by atoms with Crippen molar-refractivity contribution in [1.29, 1.82) is 0 Å². The molecule has 0 aromatic heterocycles. The normalized spacial score (nSPS) is 12.6. The van der Waals surface area contributed by atoms with Gasteiger partial charge >= 0.3 is 0 Å². The molecule has 206 valence electrons. The number of rotatable bonds is 22. The average molecular weight is 562 g/mol. The Bertz CT molecular complexity index is 621. The molecule has 0 radical (unpaired) electrons. The van der Waals surface area contributed by atoms with Crippen LogP contribution in [0.4, 0.5) is 0 Å². The van der Waals surface area contributed by atoms with Crippen LogP contribution in [0.2, 0.25) is 49.1 Å². The van der Waals surface area contributed by atoms with Crippen LogP contribution in [0.25, 0.3) is 0 Å².